The predicted octanol–water partition coefficient (Wildman–Crippen LogP) is 3.94. The number of hydrogen-bond acceptors (Lipinski definition) is 11. The summed E-state index contributed by atoms with van der Waals surface area (Å²) in [5.41, 5.74) is -0.548. The van der Waals surface area contributed by atoms with Crippen LogP contribution in [0, 0.1) is 0 Å². The summed E-state index contributed by atoms with van der Waals surface area (Å²) >= 11 is 6.58. The highest BCUT2D eigenvalue weighted by Gasteiger charge is 2.51. The van der Waals surface area contributed by atoms with Crippen molar-refractivity contribution in [3.63, 3.8) is 0 Å². The van der Waals surface area contributed by atoms with E-state index in [1.54, 1.807) is 78.9 Å². The first-order chi connectivity index (χ1) is 21.4. The Morgan fingerprint density at radius 1 is 0.773 bits per heavy atom. The van der Waals surface area contributed by atoms with E-state index in [1.165, 1.54) is 12.1 Å². The fraction of sp³-hybridized carbons (Fsp3) is 0.281. The maximum Gasteiger partial charge on any atom is 0.338 e. The number of carbonyl (C=O) groups is 4. The standard InChI is InChI=1S/C32H29NO9S2/c34-25-27(42-30(37)23-14-8-3-9-15-23)26(41-29(36)22-12-6-2-7-13-22)24(20-39-28(35)21-10-4-1-5-11-21)40-31(25)44-32(43)33-16-18-38-19-17-33/h1-15,24,26-27,31H,16-20H2/t24-,26-,27-,31+/m1/s1. The number of esters is 3. The van der Waals surface area contributed by atoms with Gasteiger partial charge in [-0.25, -0.2) is 14.4 Å². The summed E-state index contributed by atoms with van der Waals surface area (Å²) in [5.74, 6) is -2.88. The fourth-order valence-corrected chi connectivity index (χ4v) is 5.94. The summed E-state index contributed by atoms with van der Waals surface area (Å²) in [7, 11) is 0. The van der Waals surface area contributed by atoms with Crippen molar-refractivity contribution in [3.05, 3.63) is 108 Å². The van der Waals surface area contributed by atoms with E-state index in [4.69, 9.17) is 35.9 Å². The monoisotopic (exact) mass is 635 g/mol. The average Bonchev–Trinajstić information content (AvgIpc) is 3.08. The van der Waals surface area contributed by atoms with Crippen molar-refractivity contribution in [2.24, 2.45) is 0 Å². The highest BCUT2D eigenvalue weighted by Crippen LogP contribution is 2.32. The lowest BCUT2D eigenvalue weighted by Crippen LogP contribution is -2.59. The molecule has 0 bridgehead atoms. The van der Waals surface area contributed by atoms with Crippen molar-refractivity contribution in [3.8, 4) is 0 Å². The third kappa shape index (κ3) is 7.88. The molecule has 2 saturated heterocycles. The van der Waals surface area contributed by atoms with Gasteiger partial charge in [-0.2, -0.15) is 0 Å². The smallest absolute Gasteiger partial charge is 0.338 e. The van der Waals surface area contributed by atoms with Crippen LogP contribution in [-0.4, -0.2) is 89.6 Å². The van der Waals surface area contributed by atoms with Crippen molar-refractivity contribution in [2.75, 3.05) is 32.9 Å². The van der Waals surface area contributed by atoms with Gasteiger partial charge in [-0.3, -0.25) is 4.79 Å². The number of rotatable bonds is 8. The van der Waals surface area contributed by atoms with E-state index < -0.39 is 54.0 Å². The Kier molecular flexibility index (Phi) is 10.7. The molecule has 12 heteroatoms. The Morgan fingerprint density at radius 2 is 1.27 bits per heavy atom. The lowest BCUT2D eigenvalue weighted by atomic mass is 10.0. The van der Waals surface area contributed by atoms with Crippen LogP contribution in [0.4, 0.5) is 0 Å². The number of ether oxygens (including phenoxy) is 5. The maximum absolute atomic E-state index is 13.9. The molecule has 3 aromatic carbocycles. The Morgan fingerprint density at radius 3 is 1.82 bits per heavy atom. The molecule has 2 aliphatic rings. The van der Waals surface area contributed by atoms with Crippen molar-refractivity contribution >= 4 is 52.0 Å². The van der Waals surface area contributed by atoms with Crippen LogP contribution in [0.2, 0.25) is 0 Å². The summed E-state index contributed by atoms with van der Waals surface area (Å²) in [6, 6.07) is 24.6. The fourth-order valence-electron chi connectivity index (χ4n) is 4.53. The Balaban J connectivity index is 1.44. The molecule has 2 aliphatic heterocycles. The molecule has 0 aromatic heterocycles. The van der Waals surface area contributed by atoms with Gasteiger partial charge in [0.15, 0.2) is 11.5 Å². The highest BCUT2D eigenvalue weighted by molar-refractivity contribution is 8.23. The molecule has 0 saturated carbocycles. The molecule has 4 atom stereocenters. The summed E-state index contributed by atoms with van der Waals surface area (Å²) in [6.45, 7) is 1.62. The van der Waals surface area contributed by atoms with Crippen molar-refractivity contribution in [1.29, 1.82) is 0 Å². The molecule has 0 amide bonds. The first kappa shape index (κ1) is 31.3. The molecule has 0 spiro atoms. The first-order valence-electron chi connectivity index (χ1n) is 13.9. The normalized spacial score (nSPS) is 21.6. The molecule has 10 nitrogen and oxygen atoms in total. The number of carbonyl (C=O) groups excluding carboxylic acids is 4. The number of ketones is 1. The zero-order valence-corrected chi connectivity index (χ0v) is 25.1. The zero-order chi connectivity index (χ0) is 30.9. The molecular formula is C32H29NO9S2. The van der Waals surface area contributed by atoms with Crippen LogP contribution >= 0.6 is 24.0 Å². The lowest BCUT2D eigenvalue weighted by Gasteiger charge is -2.39. The van der Waals surface area contributed by atoms with Gasteiger partial charge in [0.25, 0.3) is 0 Å². The van der Waals surface area contributed by atoms with Gasteiger partial charge in [0.1, 0.15) is 17.0 Å². The molecular weight excluding hydrogens is 606 g/mol. The lowest BCUT2D eigenvalue weighted by molar-refractivity contribution is -0.177. The molecule has 0 N–H and O–H groups in total. The van der Waals surface area contributed by atoms with Crippen LogP contribution in [-0.2, 0) is 28.5 Å². The van der Waals surface area contributed by atoms with E-state index in [2.05, 4.69) is 0 Å². The zero-order valence-electron chi connectivity index (χ0n) is 23.4. The van der Waals surface area contributed by atoms with E-state index in [0.29, 0.717) is 36.2 Å². The number of thiocarbonyl (C=S) groups is 1. The van der Waals surface area contributed by atoms with Crippen LogP contribution in [0.3, 0.4) is 0 Å². The van der Waals surface area contributed by atoms with Gasteiger partial charge >= 0.3 is 17.9 Å². The van der Waals surface area contributed by atoms with Gasteiger partial charge in [0.05, 0.1) is 29.9 Å². The van der Waals surface area contributed by atoms with Crippen LogP contribution in [0.1, 0.15) is 31.1 Å². The Hall–Kier alpha value is -4.10. The summed E-state index contributed by atoms with van der Waals surface area (Å²) in [4.78, 5) is 55.0. The van der Waals surface area contributed by atoms with E-state index in [0.717, 1.165) is 11.8 Å². The topological polar surface area (TPSA) is 118 Å². The number of Topliss-reactive ketones (excluding diaryl/α,β-unsaturated/α-hetero) is 1. The second-order valence-electron chi connectivity index (χ2n) is 9.78. The van der Waals surface area contributed by atoms with Gasteiger partial charge < -0.3 is 28.6 Å². The molecule has 2 fully saturated rings. The van der Waals surface area contributed by atoms with Crippen LogP contribution in [0.25, 0.3) is 0 Å². The van der Waals surface area contributed by atoms with E-state index >= 15 is 0 Å². The third-order valence-corrected chi connectivity index (χ3v) is 8.40. The minimum absolute atomic E-state index is 0.194. The van der Waals surface area contributed by atoms with Gasteiger partial charge in [0, 0.05) is 13.1 Å². The molecule has 0 unspecified atom stereocenters. The third-order valence-electron chi connectivity index (χ3n) is 6.84. The summed E-state index contributed by atoms with van der Waals surface area (Å²) in [6.07, 6.45) is -4.22. The van der Waals surface area contributed by atoms with Gasteiger partial charge in [-0.15, -0.1) is 0 Å². The van der Waals surface area contributed by atoms with Crippen molar-refractivity contribution < 1.29 is 42.9 Å². The van der Waals surface area contributed by atoms with Gasteiger partial charge in [-0.05, 0) is 36.4 Å². The molecule has 0 radical (unpaired) electrons. The summed E-state index contributed by atoms with van der Waals surface area (Å²) < 4.78 is 29.0. The van der Waals surface area contributed by atoms with Crippen LogP contribution in [0.15, 0.2) is 91.0 Å². The second-order valence-corrected chi connectivity index (χ2v) is 11.5. The Labute approximate surface area is 263 Å². The number of hydrogen-bond donors (Lipinski definition) is 0. The van der Waals surface area contributed by atoms with Gasteiger partial charge in [-0.1, -0.05) is 78.6 Å². The number of thioether (sulfide) groups is 1. The van der Waals surface area contributed by atoms with Gasteiger partial charge in [0.2, 0.25) is 11.9 Å². The number of nitrogens with zero attached hydrogens (tertiary/aromatic N) is 1. The quantitative estimate of drug-likeness (QED) is 0.203. The minimum atomic E-state index is -1.59. The predicted molar refractivity (Wildman–Crippen MR) is 164 cm³/mol. The van der Waals surface area contributed by atoms with E-state index in [1.807, 2.05) is 4.90 Å². The SMILES string of the molecule is O=C(OC[C@H]1O[C@@H](SC(=S)N2CCOCC2)C(=O)[C@@H](OC(=O)c2ccccc2)[C@@H]1OC(=O)c1ccccc1)c1ccccc1. The average molecular weight is 636 g/mol. The largest absolute Gasteiger partial charge is 0.459 e. The number of morpholine rings is 1. The second kappa shape index (κ2) is 15.1. The van der Waals surface area contributed by atoms with E-state index in [9.17, 15) is 19.2 Å². The van der Waals surface area contributed by atoms with Crippen molar-refractivity contribution in [1.82, 2.24) is 4.90 Å². The number of benzene rings is 3. The first-order valence-corrected chi connectivity index (χ1v) is 15.2. The van der Waals surface area contributed by atoms with Crippen molar-refractivity contribution in [2.45, 2.75) is 23.7 Å². The molecule has 3 aromatic rings. The molecule has 228 valence electrons. The maximum atomic E-state index is 13.9. The molecule has 44 heavy (non-hydrogen) atoms. The molecule has 5 rings (SSSR count). The van der Waals surface area contributed by atoms with E-state index in [-0.39, 0.29) is 11.1 Å². The summed E-state index contributed by atoms with van der Waals surface area (Å²) in [5, 5.41) is 0. The molecule has 0 aliphatic carbocycles. The Bertz CT molecular complexity index is 1470. The molecule has 2 heterocycles. The van der Waals surface area contributed by atoms with Crippen LogP contribution in [0.5, 0.6) is 0 Å². The highest BCUT2D eigenvalue weighted by atomic mass is 32.2. The van der Waals surface area contributed by atoms with Crippen LogP contribution < -0.4 is 0 Å². The minimum Gasteiger partial charge on any atom is -0.459 e.